The Morgan fingerprint density at radius 1 is 0.942 bits per heavy atom. The molecule has 2 aliphatic heterocycles. The number of benzene rings is 3. The number of phenols is 2. The van der Waals surface area contributed by atoms with Crippen LogP contribution in [0.3, 0.4) is 0 Å². The number of carbonyl (C=O) groups excluding carboxylic acids is 3. The number of pyridine rings is 1. The maximum atomic E-state index is 14.5. The monoisotopic (exact) mass is 712 g/mol. The molecule has 7 N–H and O–H groups in total. The van der Waals surface area contributed by atoms with Crippen molar-refractivity contribution in [3.8, 4) is 11.5 Å². The molecule has 1 saturated heterocycles. The van der Waals surface area contributed by atoms with Crippen molar-refractivity contribution in [2.24, 2.45) is 0 Å². The molecule has 52 heavy (non-hydrogen) atoms. The zero-order valence-electron chi connectivity index (χ0n) is 27.5. The van der Waals surface area contributed by atoms with E-state index in [1.807, 2.05) is 0 Å². The third kappa shape index (κ3) is 4.99. The number of amides is 2. The van der Waals surface area contributed by atoms with Gasteiger partial charge in [0.1, 0.15) is 48.6 Å². The predicted octanol–water partition coefficient (Wildman–Crippen LogP) is 2.56. The summed E-state index contributed by atoms with van der Waals surface area (Å²) in [5.74, 6) is -2.39. The lowest BCUT2D eigenvalue weighted by Gasteiger charge is -2.41. The fourth-order valence-electron chi connectivity index (χ4n) is 7.32. The Morgan fingerprint density at radius 2 is 1.63 bits per heavy atom. The van der Waals surface area contributed by atoms with Gasteiger partial charge in [-0.2, -0.15) is 0 Å². The molecule has 8 rings (SSSR count). The summed E-state index contributed by atoms with van der Waals surface area (Å²) >= 11 is 0. The minimum Gasteiger partial charge on any atom is -0.508 e. The van der Waals surface area contributed by atoms with Gasteiger partial charge in [-0.3, -0.25) is 24.2 Å². The van der Waals surface area contributed by atoms with Crippen LogP contribution in [0.4, 0.5) is 0 Å². The third-order valence-corrected chi connectivity index (χ3v) is 9.60. The Hall–Kier alpha value is -5.62. The molecule has 0 bridgehead atoms. The number of aliphatic hydroxyl groups excluding tert-OH is 4. The molecular weight excluding hydrogens is 680 g/mol. The number of nitrogens with one attached hydrogen (secondary N) is 1. The van der Waals surface area contributed by atoms with Gasteiger partial charge in [0.25, 0.3) is 11.8 Å². The van der Waals surface area contributed by atoms with E-state index < -0.39 is 61.1 Å². The first-order valence-electron chi connectivity index (χ1n) is 16.3. The molecule has 2 amide bonds. The second-order valence-corrected chi connectivity index (χ2v) is 12.9. The second kappa shape index (κ2) is 12.3. The van der Waals surface area contributed by atoms with Gasteiger partial charge in [-0.1, -0.05) is 6.07 Å². The maximum absolute atomic E-state index is 14.5. The van der Waals surface area contributed by atoms with Crippen molar-refractivity contribution in [1.82, 2.24) is 19.6 Å². The van der Waals surface area contributed by atoms with Gasteiger partial charge >= 0.3 is 5.97 Å². The minimum absolute atomic E-state index is 0.0180. The number of esters is 1. The van der Waals surface area contributed by atoms with Crippen LogP contribution in [-0.2, 0) is 25.7 Å². The number of aliphatic hydroxyl groups is 4. The minimum atomic E-state index is -1.76. The molecule has 0 spiro atoms. The van der Waals surface area contributed by atoms with Crippen LogP contribution >= 0.6 is 0 Å². The molecule has 268 valence electrons. The standard InChI is InChI=1S/C36H32N4O12/c1-14(51-15(2)42)21-5-3-4-16(37-21)13-50-40-34(48)27-25-19-8-6-17(43)10-22(19)38-29(25)30-26(28(27)35(40)49)20-9-7-18(44)11-23(20)39(30)36-33(47)32(46)31(45)24(12-41)52-36/h3-11,14,24,31-33,36,38,41,43-47H,12-13H2,1-2H3/t14?,24-,31-,32+,33-,36-/m1/s1. The van der Waals surface area contributed by atoms with Crippen molar-refractivity contribution in [3.63, 3.8) is 0 Å². The van der Waals surface area contributed by atoms with Crippen molar-refractivity contribution in [2.75, 3.05) is 6.61 Å². The third-order valence-electron chi connectivity index (χ3n) is 9.60. The first-order chi connectivity index (χ1) is 24.9. The molecule has 0 radical (unpaired) electrons. The number of aromatic nitrogens is 3. The highest BCUT2D eigenvalue weighted by molar-refractivity contribution is 6.39. The fourth-order valence-corrected chi connectivity index (χ4v) is 7.32. The van der Waals surface area contributed by atoms with Gasteiger partial charge in [0.05, 0.1) is 51.2 Å². The zero-order chi connectivity index (χ0) is 36.7. The largest absolute Gasteiger partial charge is 0.508 e. The molecule has 6 aromatic rings. The van der Waals surface area contributed by atoms with E-state index in [2.05, 4.69) is 9.97 Å². The number of hydrogen-bond donors (Lipinski definition) is 7. The van der Waals surface area contributed by atoms with Gasteiger partial charge < -0.3 is 49.7 Å². The highest BCUT2D eigenvalue weighted by atomic mass is 16.7. The lowest BCUT2D eigenvalue weighted by molar-refractivity contribution is -0.249. The van der Waals surface area contributed by atoms with Gasteiger partial charge in [0.15, 0.2) is 6.23 Å². The average molecular weight is 713 g/mol. The highest BCUT2D eigenvalue weighted by Crippen LogP contribution is 2.48. The van der Waals surface area contributed by atoms with Gasteiger partial charge in [-0.15, -0.1) is 5.06 Å². The van der Waals surface area contributed by atoms with E-state index in [9.17, 15) is 45.0 Å². The quantitative estimate of drug-likeness (QED) is 0.0932. The Morgan fingerprint density at radius 3 is 2.35 bits per heavy atom. The molecule has 16 nitrogen and oxygen atoms in total. The van der Waals surface area contributed by atoms with Crippen molar-refractivity contribution in [2.45, 2.75) is 57.2 Å². The molecule has 6 atom stereocenters. The van der Waals surface area contributed by atoms with E-state index in [-0.39, 0.29) is 56.6 Å². The summed E-state index contributed by atoms with van der Waals surface area (Å²) in [7, 11) is 0. The van der Waals surface area contributed by atoms with Crippen LogP contribution in [0.1, 0.15) is 58.3 Å². The van der Waals surface area contributed by atoms with Crippen LogP contribution in [0.25, 0.3) is 43.6 Å². The summed E-state index contributed by atoms with van der Waals surface area (Å²) in [5, 5.41) is 65.6. The van der Waals surface area contributed by atoms with E-state index in [1.165, 1.54) is 41.8 Å². The molecule has 0 aliphatic carbocycles. The van der Waals surface area contributed by atoms with Gasteiger partial charge in [0, 0.05) is 40.6 Å². The molecule has 5 heterocycles. The lowest BCUT2D eigenvalue weighted by Crippen LogP contribution is -2.56. The van der Waals surface area contributed by atoms with E-state index in [4.69, 9.17) is 14.3 Å². The smallest absolute Gasteiger partial charge is 0.303 e. The zero-order valence-corrected chi connectivity index (χ0v) is 27.5. The van der Waals surface area contributed by atoms with E-state index >= 15 is 0 Å². The Balaban J connectivity index is 1.35. The number of aromatic hydroxyl groups is 2. The van der Waals surface area contributed by atoms with Crippen molar-refractivity contribution in [1.29, 1.82) is 0 Å². The fraction of sp³-hybridized carbons (Fsp3) is 0.278. The predicted molar refractivity (Wildman–Crippen MR) is 181 cm³/mol. The molecule has 1 fully saturated rings. The number of phenolic OH excluding ortho intramolecular Hbond substituents is 2. The molecular formula is C36H32N4O12. The number of fused-ring (bicyclic) bond motifs is 10. The second-order valence-electron chi connectivity index (χ2n) is 12.9. The van der Waals surface area contributed by atoms with Crippen molar-refractivity contribution in [3.05, 3.63) is 77.1 Å². The Labute approximate surface area is 292 Å². The van der Waals surface area contributed by atoms with Gasteiger partial charge in [0.2, 0.25) is 0 Å². The van der Waals surface area contributed by atoms with E-state index in [1.54, 1.807) is 31.2 Å². The SMILES string of the molecule is CC(=O)OC(C)c1cccc(CON2C(=O)c3c(c4c5ccc(O)cc5n([C@@H]5O[C@H](CO)[C@@H](O)[C@H](O)[C@H]5O)c4c4[nH]c5cc(O)ccc5c34)C2=O)n1. The number of hydrogen-bond acceptors (Lipinski definition) is 13. The van der Waals surface area contributed by atoms with Gasteiger partial charge in [-0.05, 0) is 43.3 Å². The summed E-state index contributed by atoms with van der Waals surface area (Å²) in [4.78, 5) is 53.8. The number of imide groups is 1. The number of hydroxylamine groups is 2. The normalized spacial score (nSPS) is 22.6. The van der Waals surface area contributed by atoms with Crippen LogP contribution in [0.5, 0.6) is 11.5 Å². The number of carbonyl (C=O) groups is 3. The van der Waals surface area contributed by atoms with Crippen molar-refractivity contribution < 1.29 is 59.3 Å². The molecule has 16 heteroatoms. The first kappa shape index (κ1) is 33.5. The molecule has 2 aliphatic rings. The number of H-pyrrole nitrogens is 1. The number of aromatic amines is 1. The van der Waals surface area contributed by atoms with Crippen LogP contribution < -0.4 is 0 Å². The molecule has 1 unspecified atom stereocenters. The number of rotatable bonds is 7. The van der Waals surface area contributed by atoms with Crippen LogP contribution in [0.2, 0.25) is 0 Å². The summed E-state index contributed by atoms with van der Waals surface area (Å²) in [6.07, 6.45) is -8.64. The summed E-state index contributed by atoms with van der Waals surface area (Å²) in [6, 6.07) is 13.6. The highest BCUT2D eigenvalue weighted by Gasteiger charge is 2.47. The van der Waals surface area contributed by atoms with Crippen molar-refractivity contribution >= 4 is 61.4 Å². The summed E-state index contributed by atoms with van der Waals surface area (Å²) in [6.45, 7) is 1.90. The number of ether oxygens (including phenoxy) is 2. The van der Waals surface area contributed by atoms with E-state index in [0.29, 0.717) is 32.7 Å². The summed E-state index contributed by atoms with van der Waals surface area (Å²) < 4.78 is 12.6. The number of nitrogens with zero attached hydrogens (tertiary/aromatic N) is 3. The van der Waals surface area contributed by atoms with E-state index in [0.717, 1.165) is 0 Å². The molecule has 0 saturated carbocycles. The van der Waals surface area contributed by atoms with Crippen LogP contribution in [0.15, 0.2) is 54.6 Å². The maximum Gasteiger partial charge on any atom is 0.303 e. The Kier molecular flexibility index (Phi) is 7.90. The summed E-state index contributed by atoms with van der Waals surface area (Å²) in [5.41, 5.74) is 1.78. The van der Waals surface area contributed by atoms with Crippen LogP contribution in [-0.4, -0.2) is 99.0 Å². The molecule has 3 aromatic heterocycles. The molecule has 3 aromatic carbocycles. The van der Waals surface area contributed by atoms with Crippen LogP contribution in [0, 0.1) is 0 Å². The first-order valence-corrected chi connectivity index (χ1v) is 16.3. The average Bonchev–Trinajstić information content (AvgIpc) is 3.72. The van der Waals surface area contributed by atoms with Gasteiger partial charge in [-0.25, -0.2) is 0 Å². The lowest BCUT2D eigenvalue weighted by atomic mass is 9.96. The Bertz CT molecular complexity index is 2470. The topological polar surface area (TPSA) is 237 Å².